The van der Waals surface area contributed by atoms with Crippen molar-refractivity contribution in [2.75, 3.05) is 11.4 Å². The molecule has 0 aromatic carbocycles. The van der Waals surface area contributed by atoms with Crippen molar-refractivity contribution >= 4 is 17.7 Å². The quantitative estimate of drug-likeness (QED) is 0.733. The summed E-state index contributed by atoms with van der Waals surface area (Å²) < 4.78 is 0. The molecule has 0 saturated carbocycles. The summed E-state index contributed by atoms with van der Waals surface area (Å²) >= 11 is 0. The first-order chi connectivity index (χ1) is 8.11. The number of hydrogen-bond donors (Lipinski definition) is 1. The Morgan fingerprint density at radius 1 is 1.53 bits per heavy atom. The number of nitrogens with zero attached hydrogens (tertiary/aromatic N) is 3. The minimum absolute atomic E-state index is 0.120. The van der Waals surface area contributed by atoms with Crippen LogP contribution in [0.25, 0.3) is 0 Å². The lowest BCUT2D eigenvalue weighted by molar-refractivity contribution is -0.117. The second-order valence-corrected chi connectivity index (χ2v) is 3.64. The minimum Gasteiger partial charge on any atom is -0.476 e. The van der Waals surface area contributed by atoms with E-state index >= 15 is 0 Å². The molecule has 1 aliphatic heterocycles. The number of hydrogen-bond acceptors (Lipinski definition) is 4. The zero-order chi connectivity index (χ0) is 12.4. The van der Waals surface area contributed by atoms with Gasteiger partial charge in [0.2, 0.25) is 5.91 Å². The fourth-order valence-corrected chi connectivity index (χ4v) is 1.61. The fraction of sp³-hybridized carbons (Fsp3) is 0.273. The molecule has 2 rings (SSSR count). The van der Waals surface area contributed by atoms with Crippen molar-refractivity contribution in [2.24, 2.45) is 5.92 Å². The van der Waals surface area contributed by atoms with Crippen molar-refractivity contribution in [3.05, 3.63) is 18.1 Å². The van der Waals surface area contributed by atoms with Crippen molar-refractivity contribution in [2.45, 2.75) is 6.42 Å². The largest absolute Gasteiger partial charge is 0.476 e. The van der Waals surface area contributed by atoms with Crippen LogP contribution in [0.15, 0.2) is 12.4 Å². The molecule has 0 bridgehead atoms. The number of aromatic carboxylic acids is 1. The number of carboxylic acid groups (broad SMARTS) is 1. The van der Waals surface area contributed by atoms with Crippen molar-refractivity contribution in [3.8, 4) is 12.3 Å². The zero-order valence-electron chi connectivity index (χ0n) is 8.83. The number of aromatic nitrogens is 2. The summed E-state index contributed by atoms with van der Waals surface area (Å²) in [5.41, 5.74) is -0.158. The molecule has 2 heterocycles. The third kappa shape index (κ3) is 2.08. The number of carbonyl (C=O) groups excluding carboxylic acids is 1. The summed E-state index contributed by atoms with van der Waals surface area (Å²) in [4.78, 5) is 31.2. The van der Waals surface area contributed by atoms with Crippen LogP contribution in [0, 0.1) is 18.3 Å². The smallest absolute Gasteiger partial charge is 0.356 e. The Hall–Kier alpha value is -2.42. The molecule has 17 heavy (non-hydrogen) atoms. The van der Waals surface area contributed by atoms with Crippen LogP contribution in [0.1, 0.15) is 16.9 Å². The lowest BCUT2D eigenvalue weighted by Gasteiger charge is -2.13. The Balaban J connectivity index is 2.21. The highest BCUT2D eigenvalue weighted by Crippen LogP contribution is 2.22. The van der Waals surface area contributed by atoms with Crippen LogP contribution in [-0.2, 0) is 4.79 Å². The van der Waals surface area contributed by atoms with E-state index in [1.165, 1.54) is 11.1 Å². The second kappa shape index (κ2) is 4.22. The van der Waals surface area contributed by atoms with Crippen LogP contribution < -0.4 is 4.90 Å². The lowest BCUT2D eigenvalue weighted by Crippen LogP contribution is -2.25. The van der Waals surface area contributed by atoms with Crippen molar-refractivity contribution in [1.82, 2.24) is 9.97 Å². The standard InChI is InChI=1S/C11H9N3O3/c1-2-7-3-10(15)14(6-7)9-5-12-8(4-13-9)11(16)17/h1,4-5,7H,3,6H2,(H,16,17). The highest BCUT2D eigenvalue weighted by atomic mass is 16.4. The van der Waals surface area contributed by atoms with Crippen LogP contribution in [0.2, 0.25) is 0 Å². The average Bonchev–Trinajstić information content (AvgIpc) is 2.71. The molecule has 1 aromatic rings. The molecule has 1 unspecified atom stereocenters. The van der Waals surface area contributed by atoms with Crippen LogP contribution in [0.4, 0.5) is 5.82 Å². The van der Waals surface area contributed by atoms with Crippen LogP contribution in [0.5, 0.6) is 0 Å². The molecule has 1 aliphatic rings. The number of amides is 1. The van der Waals surface area contributed by atoms with Gasteiger partial charge >= 0.3 is 5.97 Å². The predicted octanol–water partition coefficient (Wildman–Crippen LogP) is 0.161. The summed E-state index contributed by atoms with van der Waals surface area (Å²) in [6, 6.07) is 0. The van der Waals surface area contributed by atoms with Crippen LogP contribution in [-0.4, -0.2) is 33.5 Å². The van der Waals surface area contributed by atoms with E-state index in [0.29, 0.717) is 18.8 Å². The first-order valence-corrected chi connectivity index (χ1v) is 4.93. The average molecular weight is 231 g/mol. The normalized spacial score (nSPS) is 19.1. The first kappa shape index (κ1) is 11.1. The molecule has 0 radical (unpaired) electrons. The number of terminal acetylenes is 1. The minimum atomic E-state index is -1.15. The molecule has 6 heteroatoms. The Morgan fingerprint density at radius 2 is 2.29 bits per heavy atom. The summed E-state index contributed by atoms with van der Waals surface area (Å²) in [7, 11) is 0. The molecule has 0 spiro atoms. The predicted molar refractivity (Wildman–Crippen MR) is 58.3 cm³/mol. The van der Waals surface area contributed by atoms with Gasteiger partial charge in [0.1, 0.15) is 0 Å². The van der Waals surface area contributed by atoms with Crippen LogP contribution >= 0.6 is 0 Å². The van der Waals surface area contributed by atoms with E-state index in [4.69, 9.17) is 11.5 Å². The van der Waals surface area contributed by atoms with Crippen molar-refractivity contribution in [3.63, 3.8) is 0 Å². The van der Waals surface area contributed by atoms with Gasteiger partial charge < -0.3 is 5.11 Å². The lowest BCUT2D eigenvalue weighted by atomic mass is 10.1. The number of carboxylic acids is 1. The molecule has 1 N–H and O–H groups in total. The summed E-state index contributed by atoms with van der Waals surface area (Å²) in [6.07, 6.45) is 7.93. The summed E-state index contributed by atoms with van der Waals surface area (Å²) in [6.45, 7) is 0.399. The molecule has 1 aromatic heterocycles. The SMILES string of the molecule is C#CC1CC(=O)N(c2cnc(C(=O)O)cn2)C1. The van der Waals surface area contributed by atoms with Crippen molar-refractivity contribution < 1.29 is 14.7 Å². The molecule has 1 atom stereocenters. The Labute approximate surface area is 97.3 Å². The number of carbonyl (C=O) groups is 2. The van der Waals surface area contributed by atoms with E-state index in [0.717, 1.165) is 6.20 Å². The van der Waals surface area contributed by atoms with Gasteiger partial charge in [0, 0.05) is 18.9 Å². The summed E-state index contributed by atoms with van der Waals surface area (Å²) in [5.74, 6) is 1.45. The number of rotatable bonds is 2. The van der Waals surface area contributed by atoms with Gasteiger partial charge in [-0.3, -0.25) is 9.69 Å². The van der Waals surface area contributed by atoms with Gasteiger partial charge in [-0.25, -0.2) is 14.8 Å². The monoisotopic (exact) mass is 231 g/mol. The maximum absolute atomic E-state index is 11.6. The van der Waals surface area contributed by atoms with E-state index in [-0.39, 0.29) is 17.5 Å². The maximum Gasteiger partial charge on any atom is 0.356 e. The highest BCUT2D eigenvalue weighted by Gasteiger charge is 2.30. The van der Waals surface area contributed by atoms with E-state index in [2.05, 4.69) is 15.9 Å². The van der Waals surface area contributed by atoms with Gasteiger partial charge in [-0.2, -0.15) is 0 Å². The Bertz CT molecular complexity index is 504. The van der Waals surface area contributed by atoms with Gasteiger partial charge in [0.15, 0.2) is 11.5 Å². The highest BCUT2D eigenvalue weighted by molar-refractivity contribution is 5.95. The van der Waals surface area contributed by atoms with Gasteiger partial charge in [-0.15, -0.1) is 12.3 Å². The molecule has 0 aliphatic carbocycles. The van der Waals surface area contributed by atoms with E-state index in [1.54, 1.807) is 0 Å². The Kier molecular flexibility index (Phi) is 2.75. The van der Waals surface area contributed by atoms with Gasteiger partial charge in [-0.05, 0) is 0 Å². The van der Waals surface area contributed by atoms with Crippen LogP contribution in [0.3, 0.4) is 0 Å². The molecule has 1 fully saturated rings. The van der Waals surface area contributed by atoms with E-state index in [1.807, 2.05) is 0 Å². The topological polar surface area (TPSA) is 83.4 Å². The zero-order valence-corrected chi connectivity index (χ0v) is 8.83. The third-order valence-corrected chi connectivity index (χ3v) is 2.49. The second-order valence-electron chi connectivity index (χ2n) is 3.64. The Morgan fingerprint density at radius 3 is 2.76 bits per heavy atom. The van der Waals surface area contributed by atoms with Gasteiger partial charge in [0.05, 0.1) is 12.4 Å². The molecule has 1 saturated heterocycles. The van der Waals surface area contributed by atoms with E-state index in [9.17, 15) is 9.59 Å². The molecule has 1 amide bonds. The fourth-order valence-electron chi connectivity index (χ4n) is 1.61. The molecular weight excluding hydrogens is 222 g/mol. The van der Waals surface area contributed by atoms with Crippen molar-refractivity contribution in [1.29, 1.82) is 0 Å². The summed E-state index contributed by atoms with van der Waals surface area (Å²) in [5, 5.41) is 8.66. The molecule has 6 nitrogen and oxygen atoms in total. The number of anilines is 1. The third-order valence-electron chi connectivity index (χ3n) is 2.49. The van der Waals surface area contributed by atoms with Gasteiger partial charge in [-0.1, -0.05) is 0 Å². The maximum atomic E-state index is 11.6. The van der Waals surface area contributed by atoms with E-state index < -0.39 is 5.97 Å². The first-order valence-electron chi connectivity index (χ1n) is 4.93. The molecular formula is C11H9N3O3. The molecule has 86 valence electrons. The van der Waals surface area contributed by atoms with Gasteiger partial charge in [0.25, 0.3) is 0 Å².